The van der Waals surface area contributed by atoms with Crippen LogP contribution in [0.5, 0.6) is 5.75 Å². The van der Waals surface area contributed by atoms with Crippen LogP contribution >= 0.6 is 11.3 Å². The van der Waals surface area contributed by atoms with E-state index in [-0.39, 0.29) is 17.9 Å². The van der Waals surface area contributed by atoms with Gasteiger partial charge in [0, 0.05) is 35.8 Å². The standard InChI is InChI=1S/C22H29N7O2S/c1-13-11-25-22(32-13)27-21(30)14-4-6-16(7-5-14)31-17-8-10-24-19-18(17)20(29-28-19)26-15-3-2-9-23-12-15/h8,10-11,14-16,23H,2-7,9,12H2,1H3,(H,25,27,30)(H2,24,26,28,29)/t14-,15-,16-/m1/s1. The number of pyridine rings is 1. The van der Waals surface area contributed by atoms with Crippen LogP contribution in [0, 0.1) is 12.8 Å². The third kappa shape index (κ3) is 4.71. The number of hydrogen-bond donors (Lipinski definition) is 4. The van der Waals surface area contributed by atoms with Crippen molar-refractivity contribution in [1.29, 1.82) is 0 Å². The summed E-state index contributed by atoms with van der Waals surface area (Å²) in [5, 5.41) is 19.0. The predicted molar refractivity (Wildman–Crippen MR) is 125 cm³/mol. The van der Waals surface area contributed by atoms with E-state index in [9.17, 15) is 4.79 Å². The molecular weight excluding hydrogens is 426 g/mol. The van der Waals surface area contributed by atoms with Gasteiger partial charge in [-0.25, -0.2) is 9.97 Å². The van der Waals surface area contributed by atoms with Gasteiger partial charge in [-0.1, -0.05) is 0 Å². The predicted octanol–water partition coefficient (Wildman–Crippen LogP) is 3.46. The zero-order valence-corrected chi connectivity index (χ0v) is 19.0. The van der Waals surface area contributed by atoms with Crippen molar-refractivity contribution >= 4 is 39.2 Å². The molecule has 10 heteroatoms. The number of nitrogens with zero attached hydrogens (tertiary/aromatic N) is 3. The Hall–Kier alpha value is -2.72. The first-order valence-electron chi connectivity index (χ1n) is 11.4. The van der Waals surface area contributed by atoms with Gasteiger partial charge in [0.15, 0.2) is 16.6 Å². The second kappa shape index (κ2) is 9.41. The Morgan fingerprint density at radius 1 is 1.22 bits per heavy atom. The van der Waals surface area contributed by atoms with Crippen LogP contribution in [0.1, 0.15) is 43.4 Å². The summed E-state index contributed by atoms with van der Waals surface area (Å²) in [5.41, 5.74) is 0.723. The van der Waals surface area contributed by atoms with Crippen molar-refractivity contribution in [3.63, 3.8) is 0 Å². The largest absolute Gasteiger partial charge is 0.489 e. The molecule has 9 nitrogen and oxygen atoms in total. The van der Waals surface area contributed by atoms with E-state index in [1.54, 1.807) is 12.4 Å². The first kappa shape index (κ1) is 21.1. The number of ether oxygens (including phenoxy) is 1. The molecule has 1 aliphatic heterocycles. The lowest BCUT2D eigenvalue weighted by Gasteiger charge is -2.28. The number of fused-ring (bicyclic) bond motifs is 1. The number of carbonyl (C=O) groups is 1. The number of aromatic nitrogens is 4. The number of piperidine rings is 1. The lowest BCUT2D eigenvalue weighted by Crippen LogP contribution is -2.38. The van der Waals surface area contributed by atoms with Crippen LogP contribution in [0.3, 0.4) is 0 Å². The number of carbonyl (C=O) groups excluding carboxylic acids is 1. The Morgan fingerprint density at radius 2 is 2.09 bits per heavy atom. The minimum absolute atomic E-state index is 0.00136. The monoisotopic (exact) mass is 455 g/mol. The second-order valence-electron chi connectivity index (χ2n) is 8.65. The van der Waals surface area contributed by atoms with Gasteiger partial charge < -0.3 is 20.7 Å². The average Bonchev–Trinajstić information content (AvgIpc) is 3.41. The summed E-state index contributed by atoms with van der Waals surface area (Å²) in [6.45, 7) is 3.98. The van der Waals surface area contributed by atoms with Crippen LogP contribution in [0.15, 0.2) is 18.5 Å². The third-order valence-corrected chi connectivity index (χ3v) is 7.08. The van der Waals surface area contributed by atoms with Crippen LogP contribution in [-0.2, 0) is 4.79 Å². The van der Waals surface area contributed by atoms with Gasteiger partial charge >= 0.3 is 0 Å². The molecule has 3 aromatic heterocycles. The first-order valence-corrected chi connectivity index (χ1v) is 12.2. The van der Waals surface area contributed by atoms with Crippen molar-refractivity contribution in [3.8, 4) is 5.75 Å². The highest BCUT2D eigenvalue weighted by molar-refractivity contribution is 7.15. The molecule has 170 valence electrons. The number of anilines is 2. The Balaban J connectivity index is 1.21. The normalized spacial score (nSPS) is 23.7. The van der Waals surface area contributed by atoms with E-state index in [0.29, 0.717) is 11.2 Å². The maximum absolute atomic E-state index is 12.6. The molecule has 1 saturated carbocycles. The first-order chi connectivity index (χ1) is 15.7. The van der Waals surface area contributed by atoms with E-state index in [0.717, 1.165) is 79.1 Å². The molecule has 0 bridgehead atoms. The molecule has 0 spiro atoms. The number of rotatable bonds is 6. The number of thiazole rings is 1. The van der Waals surface area contributed by atoms with Crippen LogP contribution in [-0.4, -0.2) is 51.3 Å². The summed E-state index contributed by atoms with van der Waals surface area (Å²) < 4.78 is 6.41. The summed E-state index contributed by atoms with van der Waals surface area (Å²) in [5.74, 6) is 1.65. The van der Waals surface area contributed by atoms with E-state index in [4.69, 9.17) is 4.74 Å². The van der Waals surface area contributed by atoms with Crippen molar-refractivity contribution in [3.05, 3.63) is 23.3 Å². The fraction of sp³-hybridized carbons (Fsp3) is 0.545. The lowest BCUT2D eigenvalue weighted by molar-refractivity contribution is -0.121. The van der Waals surface area contributed by atoms with E-state index >= 15 is 0 Å². The van der Waals surface area contributed by atoms with E-state index in [1.165, 1.54) is 11.3 Å². The lowest BCUT2D eigenvalue weighted by atomic mass is 9.87. The molecule has 4 heterocycles. The number of aryl methyl sites for hydroxylation is 1. The quantitative estimate of drug-likeness (QED) is 0.450. The van der Waals surface area contributed by atoms with Crippen molar-refractivity contribution in [2.75, 3.05) is 23.7 Å². The van der Waals surface area contributed by atoms with Gasteiger partial charge in [0.05, 0.1) is 6.10 Å². The molecule has 1 aliphatic carbocycles. The molecule has 1 atom stereocenters. The molecule has 1 amide bonds. The minimum atomic E-state index is 0.00136. The van der Waals surface area contributed by atoms with Crippen molar-refractivity contribution in [1.82, 2.24) is 25.5 Å². The van der Waals surface area contributed by atoms with Crippen molar-refractivity contribution < 1.29 is 9.53 Å². The summed E-state index contributed by atoms with van der Waals surface area (Å²) in [6.07, 6.45) is 9.16. The Bertz CT molecular complexity index is 1070. The summed E-state index contributed by atoms with van der Waals surface area (Å²) in [6, 6.07) is 2.25. The second-order valence-corrected chi connectivity index (χ2v) is 9.88. The highest BCUT2D eigenvalue weighted by atomic mass is 32.1. The number of hydrogen-bond acceptors (Lipinski definition) is 8. The summed E-state index contributed by atoms with van der Waals surface area (Å²) in [7, 11) is 0. The van der Waals surface area contributed by atoms with Crippen molar-refractivity contribution in [2.24, 2.45) is 5.92 Å². The average molecular weight is 456 g/mol. The van der Waals surface area contributed by atoms with Gasteiger partial charge in [-0.2, -0.15) is 5.10 Å². The molecular formula is C22H29N7O2S. The molecule has 2 aliphatic rings. The zero-order chi connectivity index (χ0) is 21.9. The van der Waals surface area contributed by atoms with Gasteiger partial charge in [-0.3, -0.25) is 9.89 Å². The van der Waals surface area contributed by atoms with Crippen LogP contribution < -0.4 is 20.7 Å². The van der Waals surface area contributed by atoms with Gasteiger partial charge in [-0.05, 0) is 58.1 Å². The van der Waals surface area contributed by atoms with Gasteiger partial charge in [0.2, 0.25) is 5.91 Å². The van der Waals surface area contributed by atoms with Gasteiger partial charge in [-0.15, -0.1) is 11.3 Å². The molecule has 0 radical (unpaired) electrons. The Morgan fingerprint density at radius 3 is 2.84 bits per heavy atom. The van der Waals surface area contributed by atoms with Crippen molar-refractivity contribution in [2.45, 2.75) is 57.6 Å². The molecule has 0 unspecified atom stereocenters. The third-order valence-electron chi connectivity index (χ3n) is 6.25. The molecule has 32 heavy (non-hydrogen) atoms. The summed E-state index contributed by atoms with van der Waals surface area (Å²) >= 11 is 1.51. The van der Waals surface area contributed by atoms with Gasteiger partial charge in [0.1, 0.15) is 11.1 Å². The number of aromatic amines is 1. The molecule has 3 aromatic rings. The van der Waals surface area contributed by atoms with Crippen LogP contribution in [0.4, 0.5) is 10.9 Å². The minimum Gasteiger partial charge on any atom is -0.489 e. The zero-order valence-electron chi connectivity index (χ0n) is 18.2. The van der Waals surface area contributed by atoms with Crippen LogP contribution in [0.25, 0.3) is 11.0 Å². The molecule has 2 fully saturated rings. The maximum atomic E-state index is 12.6. The summed E-state index contributed by atoms with van der Waals surface area (Å²) in [4.78, 5) is 22.3. The Kier molecular flexibility index (Phi) is 6.22. The highest BCUT2D eigenvalue weighted by Crippen LogP contribution is 2.34. The van der Waals surface area contributed by atoms with Gasteiger partial charge in [0.25, 0.3) is 0 Å². The highest BCUT2D eigenvalue weighted by Gasteiger charge is 2.29. The Labute approximate surface area is 190 Å². The fourth-order valence-electron chi connectivity index (χ4n) is 4.54. The molecule has 5 rings (SSSR count). The van der Waals surface area contributed by atoms with Crippen LogP contribution in [0.2, 0.25) is 0 Å². The molecule has 0 aromatic carbocycles. The fourth-order valence-corrected chi connectivity index (χ4v) is 5.20. The maximum Gasteiger partial charge on any atom is 0.229 e. The topological polar surface area (TPSA) is 117 Å². The number of nitrogens with one attached hydrogen (secondary N) is 4. The molecule has 1 saturated heterocycles. The smallest absolute Gasteiger partial charge is 0.229 e. The SMILES string of the molecule is Cc1cnc(NC(=O)[C@H]2CC[C@H](Oc3ccnc4[nH]nc(N[C@@H]5CCCNC5)c34)CC2)s1. The van der Waals surface area contributed by atoms with E-state index in [2.05, 4.69) is 36.1 Å². The number of H-pyrrole nitrogens is 1. The number of amides is 1. The molecule has 4 N–H and O–H groups in total. The van der Waals surface area contributed by atoms with E-state index < -0.39 is 0 Å². The van der Waals surface area contributed by atoms with E-state index in [1.807, 2.05) is 13.0 Å².